The summed E-state index contributed by atoms with van der Waals surface area (Å²) in [5.41, 5.74) is 0.445. The highest BCUT2D eigenvalue weighted by atomic mass is 32.1. The number of aromatic nitrogens is 2. The summed E-state index contributed by atoms with van der Waals surface area (Å²) in [4.78, 5) is 42.9. The molecule has 2 rings (SSSR count). The summed E-state index contributed by atoms with van der Waals surface area (Å²) in [7, 11) is 0. The molecule has 0 aliphatic rings. The molecule has 0 aliphatic carbocycles. The third-order valence-electron chi connectivity index (χ3n) is 3.86. The first-order chi connectivity index (χ1) is 13.0. The van der Waals surface area contributed by atoms with E-state index in [1.807, 2.05) is 19.9 Å². The quantitative estimate of drug-likeness (QED) is 0.638. The Balaban J connectivity index is 2.56. The van der Waals surface area contributed by atoms with Crippen molar-refractivity contribution in [3.63, 3.8) is 0 Å². The lowest BCUT2D eigenvalue weighted by atomic mass is 10.3. The molecule has 0 bridgehead atoms. The van der Waals surface area contributed by atoms with Crippen molar-refractivity contribution in [1.82, 2.24) is 14.5 Å². The molecule has 27 heavy (non-hydrogen) atoms. The van der Waals surface area contributed by atoms with E-state index in [1.54, 1.807) is 36.4 Å². The van der Waals surface area contributed by atoms with Gasteiger partial charge in [-0.25, -0.2) is 4.79 Å². The minimum Gasteiger partial charge on any atom is -0.463 e. The molecule has 0 atom stereocenters. The molecule has 2 heterocycles. The van der Waals surface area contributed by atoms with Crippen molar-refractivity contribution in [2.75, 3.05) is 19.7 Å². The van der Waals surface area contributed by atoms with E-state index in [4.69, 9.17) is 4.74 Å². The molecule has 0 unspecified atom stereocenters. The second-order valence-electron chi connectivity index (χ2n) is 5.59. The van der Waals surface area contributed by atoms with E-state index in [1.165, 1.54) is 10.6 Å². The van der Waals surface area contributed by atoms with Crippen molar-refractivity contribution < 1.29 is 14.3 Å². The lowest BCUT2D eigenvalue weighted by Gasteiger charge is -2.18. The van der Waals surface area contributed by atoms with Crippen molar-refractivity contribution in [3.8, 4) is 0 Å². The van der Waals surface area contributed by atoms with Gasteiger partial charge in [0.2, 0.25) is 5.91 Å². The van der Waals surface area contributed by atoms with Crippen molar-refractivity contribution in [2.45, 2.75) is 27.3 Å². The summed E-state index contributed by atoms with van der Waals surface area (Å²) < 4.78 is 7.07. The van der Waals surface area contributed by atoms with Crippen LogP contribution in [0.15, 0.2) is 29.3 Å². The van der Waals surface area contributed by atoms with E-state index in [-0.39, 0.29) is 24.6 Å². The van der Waals surface area contributed by atoms with E-state index in [0.29, 0.717) is 22.3 Å². The van der Waals surface area contributed by atoms with E-state index in [0.717, 1.165) is 16.9 Å². The van der Waals surface area contributed by atoms with Gasteiger partial charge in [-0.15, -0.1) is 11.3 Å². The Bertz CT molecular complexity index is 959. The molecular formula is C19H23N3O4S. The third kappa shape index (κ3) is 5.37. The molecule has 0 saturated carbocycles. The molecule has 2 aromatic heterocycles. The van der Waals surface area contributed by atoms with Crippen LogP contribution in [0.25, 0.3) is 12.2 Å². The number of amides is 1. The highest BCUT2D eigenvalue weighted by Crippen LogP contribution is 1.96. The zero-order valence-electron chi connectivity index (χ0n) is 15.7. The molecule has 0 N–H and O–H groups in total. The van der Waals surface area contributed by atoms with Gasteiger partial charge in [-0.05, 0) is 38.5 Å². The van der Waals surface area contributed by atoms with Crippen LogP contribution in [-0.2, 0) is 20.9 Å². The van der Waals surface area contributed by atoms with Gasteiger partial charge in [0.1, 0.15) is 11.2 Å². The van der Waals surface area contributed by atoms with Gasteiger partial charge in [-0.3, -0.25) is 19.1 Å². The van der Waals surface area contributed by atoms with Gasteiger partial charge in [-0.2, -0.15) is 0 Å². The van der Waals surface area contributed by atoms with E-state index in [2.05, 4.69) is 4.98 Å². The molecule has 0 saturated heterocycles. The Kier molecular flexibility index (Phi) is 7.48. The predicted octanol–water partition coefficient (Wildman–Crippen LogP) is 0.346. The van der Waals surface area contributed by atoms with Gasteiger partial charge in [-0.1, -0.05) is 6.07 Å². The smallest absolute Gasteiger partial charge is 0.333 e. The van der Waals surface area contributed by atoms with Crippen LogP contribution in [0.1, 0.15) is 26.3 Å². The summed E-state index contributed by atoms with van der Waals surface area (Å²) in [6.45, 7) is 6.69. The summed E-state index contributed by atoms with van der Waals surface area (Å²) in [6, 6.07) is 3.60. The average Bonchev–Trinajstić information content (AvgIpc) is 2.92. The normalized spacial score (nSPS) is 12.3. The Morgan fingerprint density at radius 1 is 1.30 bits per heavy atom. The maximum Gasteiger partial charge on any atom is 0.333 e. The Hall–Kier alpha value is -2.74. The molecule has 0 spiro atoms. The van der Waals surface area contributed by atoms with Crippen LogP contribution < -0.4 is 14.8 Å². The number of nitrogens with zero attached hydrogens (tertiary/aromatic N) is 3. The number of thiazole rings is 1. The van der Waals surface area contributed by atoms with Crippen LogP contribution in [0.2, 0.25) is 0 Å². The number of hydrogen-bond donors (Lipinski definition) is 0. The fraction of sp³-hybridized carbons (Fsp3) is 0.368. The Morgan fingerprint density at radius 2 is 2.04 bits per heavy atom. The number of pyridine rings is 1. The molecule has 144 valence electrons. The van der Waals surface area contributed by atoms with Crippen molar-refractivity contribution in [3.05, 3.63) is 49.6 Å². The van der Waals surface area contributed by atoms with E-state index >= 15 is 0 Å². The zero-order valence-corrected chi connectivity index (χ0v) is 16.5. The van der Waals surface area contributed by atoms with Gasteiger partial charge >= 0.3 is 5.97 Å². The highest BCUT2D eigenvalue weighted by molar-refractivity contribution is 7.07. The SMILES string of the molecule is CCOC(=O)C=c1sc(=Cc2cccnc2)c(=O)n1CC(=O)N(CC)CC. The van der Waals surface area contributed by atoms with Crippen molar-refractivity contribution >= 4 is 35.4 Å². The number of hydrogen-bond acceptors (Lipinski definition) is 6. The Labute approximate surface area is 161 Å². The van der Waals surface area contributed by atoms with Crippen molar-refractivity contribution in [2.24, 2.45) is 0 Å². The highest BCUT2D eigenvalue weighted by Gasteiger charge is 2.14. The van der Waals surface area contributed by atoms with Gasteiger partial charge in [0.05, 0.1) is 17.2 Å². The molecule has 1 amide bonds. The summed E-state index contributed by atoms with van der Waals surface area (Å²) >= 11 is 1.14. The molecule has 0 aliphatic heterocycles. The number of carbonyl (C=O) groups is 2. The fourth-order valence-corrected chi connectivity index (χ4v) is 3.53. The first-order valence-corrected chi connectivity index (χ1v) is 9.59. The lowest BCUT2D eigenvalue weighted by molar-refractivity contribution is -0.135. The standard InChI is InChI=1S/C19H23N3O4S/c1-4-21(5-2)16(23)13-22-17(11-18(24)26-6-3)27-15(19(22)25)10-14-8-7-9-20-12-14/h7-12H,4-6,13H2,1-3H3. The Morgan fingerprint density at radius 3 is 2.63 bits per heavy atom. The fourth-order valence-electron chi connectivity index (χ4n) is 2.50. The van der Waals surface area contributed by atoms with Crippen LogP contribution in [0, 0.1) is 0 Å². The third-order valence-corrected chi connectivity index (χ3v) is 4.92. The average molecular weight is 389 g/mol. The molecule has 2 aromatic rings. The minimum absolute atomic E-state index is 0.122. The van der Waals surface area contributed by atoms with E-state index in [9.17, 15) is 14.4 Å². The number of likely N-dealkylation sites (N-methyl/N-ethyl adjacent to an activating group) is 1. The van der Waals surface area contributed by atoms with Crippen LogP contribution >= 0.6 is 11.3 Å². The minimum atomic E-state index is -0.546. The van der Waals surface area contributed by atoms with Gasteiger partial charge < -0.3 is 9.64 Å². The van der Waals surface area contributed by atoms with Crippen LogP contribution in [0.3, 0.4) is 0 Å². The monoisotopic (exact) mass is 389 g/mol. The second-order valence-corrected chi connectivity index (χ2v) is 6.65. The first-order valence-electron chi connectivity index (χ1n) is 8.77. The molecule has 7 nitrogen and oxygen atoms in total. The summed E-state index contributed by atoms with van der Waals surface area (Å²) in [5.74, 6) is -0.720. The van der Waals surface area contributed by atoms with Crippen LogP contribution in [0.4, 0.5) is 0 Å². The maximum atomic E-state index is 12.8. The summed E-state index contributed by atoms with van der Waals surface area (Å²) in [5, 5.41) is 0. The molecule has 0 radical (unpaired) electrons. The zero-order chi connectivity index (χ0) is 19.8. The molecular weight excluding hydrogens is 366 g/mol. The largest absolute Gasteiger partial charge is 0.463 e. The number of ether oxygens (including phenoxy) is 1. The number of esters is 1. The predicted molar refractivity (Wildman–Crippen MR) is 105 cm³/mol. The topological polar surface area (TPSA) is 81.5 Å². The lowest BCUT2D eigenvalue weighted by Crippen LogP contribution is -2.40. The van der Waals surface area contributed by atoms with Crippen LogP contribution in [-0.4, -0.2) is 46.0 Å². The van der Waals surface area contributed by atoms with Crippen molar-refractivity contribution in [1.29, 1.82) is 0 Å². The van der Waals surface area contributed by atoms with Gasteiger partial charge in [0, 0.05) is 25.5 Å². The van der Waals surface area contributed by atoms with E-state index < -0.39 is 5.97 Å². The van der Waals surface area contributed by atoms with Crippen LogP contribution in [0.5, 0.6) is 0 Å². The summed E-state index contributed by atoms with van der Waals surface area (Å²) in [6.07, 6.45) is 6.23. The second kappa shape index (κ2) is 9.82. The maximum absolute atomic E-state index is 12.8. The van der Waals surface area contributed by atoms with Gasteiger partial charge in [0.15, 0.2) is 0 Å². The molecule has 0 aromatic carbocycles. The molecule has 0 fully saturated rings. The number of carbonyl (C=O) groups excluding carboxylic acids is 2. The first kappa shape index (κ1) is 20.6. The number of rotatable bonds is 7. The van der Waals surface area contributed by atoms with Gasteiger partial charge in [0.25, 0.3) is 5.56 Å². The molecule has 8 heteroatoms.